The first kappa shape index (κ1) is 11.6. The average Bonchev–Trinajstić information content (AvgIpc) is 2.61. The second kappa shape index (κ2) is 3.87. The summed E-state index contributed by atoms with van der Waals surface area (Å²) < 4.78 is 50.7. The summed E-state index contributed by atoms with van der Waals surface area (Å²) in [6.45, 7) is 1.42. The van der Waals surface area contributed by atoms with Gasteiger partial charge in [0.05, 0.1) is 5.69 Å². The van der Waals surface area contributed by atoms with E-state index in [1.807, 2.05) is 0 Å². The normalized spacial score (nSPS) is 11.8. The van der Waals surface area contributed by atoms with Crippen LogP contribution in [0, 0.1) is 12.7 Å². The fourth-order valence-corrected chi connectivity index (χ4v) is 1.51. The number of hydrogen-bond donors (Lipinski definition) is 1. The van der Waals surface area contributed by atoms with Gasteiger partial charge in [-0.2, -0.15) is 13.2 Å². The van der Waals surface area contributed by atoms with Crippen molar-refractivity contribution in [3.05, 3.63) is 41.6 Å². The number of alkyl halides is 3. The lowest BCUT2D eigenvalue weighted by molar-refractivity contribution is -0.144. The molecule has 0 saturated heterocycles. The molecule has 0 saturated carbocycles. The smallest absolute Gasteiger partial charge is 0.338 e. The Labute approximate surface area is 94.3 Å². The van der Waals surface area contributed by atoms with E-state index in [0.717, 1.165) is 0 Å². The molecule has 2 aromatic rings. The summed E-state index contributed by atoms with van der Waals surface area (Å²) in [4.78, 5) is 5.50. The van der Waals surface area contributed by atoms with Crippen LogP contribution in [0.2, 0.25) is 0 Å². The topological polar surface area (TPSA) is 28.7 Å². The number of nitrogens with zero attached hydrogens (tertiary/aromatic N) is 1. The maximum Gasteiger partial charge on any atom is 0.449 e. The van der Waals surface area contributed by atoms with Crippen LogP contribution in [-0.4, -0.2) is 9.97 Å². The van der Waals surface area contributed by atoms with Crippen LogP contribution in [0.5, 0.6) is 0 Å². The molecule has 0 spiro atoms. The lowest BCUT2D eigenvalue weighted by atomic mass is 10.1. The van der Waals surface area contributed by atoms with Crippen LogP contribution in [0.4, 0.5) is 17.6 Å². The molecule has 0 amide bonds. The summed E-state index contributed by atoms with van der Waals surface area (Å²) >= 11 is 0. The van der Waals surface area contributed by atoms with E-state index in [2.05, 4.69) is 9.97 Å². The number of aryl methyl sites for hydroxylation is 1. The Morgan fingerprint density at radius 3 is 2.35 bits per heavy atom. The van der Waals surface area contributed by atoms with Crippen LogP contribution in [-0.2, 0) is 6.18 Å². The summed E-state index contributed by atoms with van der Waals surface area (Å²) in [5.41, 5.74) is 0.217. The molecule has 0 unspecified atom stereocenters. The minimum atomic E-state index is -4.56. The van der Waals surface area contributed by atoms with Crippen molar-refractivity contribution in [2.45, 2.75) is 13.1 Å². The van der Waals surface area contributed by atoms with Gasteiger partial charge in [-0.1, -0.05) is 12.1 Å². The van der Waals surface area contributed by atoms with Gasteiger partial charge in [-0.25, -0.2) is 9.37 Å². The molecule has 1 N–H and O–H groups in total. The molecule has 1 aromatic heterocycles. The summed E-state index contributed by atoms with van der Waals surface area (Å²) in [6, 6.07) is 5.57. The van der Waals surface area contributed by atoms with Gasteiger partial charge in [0.1, 0.15) is 5.82 Å². The van der Waals surface area contributed by atoms with Gasteiger partial charge < -0.3 is 4.98 Å². The molecular weight excluding hydrogens is 236 g/mol. The molecule has 1 aromatic carbocycles. The van der Waals surface area contributed by atoms with E-state index < -0.39 is 17.8 Å². The lowest BCUT2D eigenvalue weighted by Crippen LogP contribution is -2.07. The zero-order valence-corrected chi connectivity index (χ0v) is 8.77. The molecule has 90 valence electrons. The van der Waals surface area contributed by atoms with E-state index in [1.165, 1.54) is 25.1 Å². The Bertz CT molecular complexity index is 543. The predicted molar refractivity (Wildman–Crippen MR) is 53.7 cm³/mol. The molecule has 2 rings (SSSR count). The van der Waals surface area contributed by atoms with E-state index in [0.29, 0.717) is 0 Å². The number of rotatable bonds is 1. The highest BCUT2D eigenvalue weighted by Crippen LogP contribution is 2.31. The van der Waals surface area contributed by atoms with Crippen molar-refractivity contribution in [2.75, 3.05) is 0 Å². The summed E-state index contributed by atoms with van der Waals surface area (Å²) in [7, 11) is 0. The number of H-pyrrole nitrogens is 1. The van der Waals surface area contributed by atoms with Crippen LogP contribution in [0.3, 0.4) is 0 Å². The van der Waals surface area contributed by atoms with Gasteiger partial charge in [0.25, 0.3) is 0 Å². The van der Waals surface area contributed by atoms with Gasteiger partial charge in [0, 0.05) is 11.3 Å². The molecule has 0 aliphatic heterocycles. The van der Waals surface area contributed by atoms with Crippen molar-refractivity contribution in [3.63, 3.8) is 0 Å². The Morgan fingerprint density at radius 2 is 1.82 bits per heavy atom. The zero-order valence-electron chi connectivity index (χ0n) is 8.77. The number of nitrogens with one attached hydrogen (secondary N) is 1. The summed E-state index contributed by atoms with van der Waals surface area (Å²) in [6.07, 6.45) is -4.56. The molecule has 17 heavy (non-hydrogen) atoms. The standard InChI is InChI=1S/C11H8F4N2/c1-6-9(7-4-2-3-5-8(7)12)17-10(16-6)11(13,14)15/h2-5H,1H3,(H,16,17). The van der Waals surface area contributed by atoms with Crippen LogP contribution < -0.4 is 0 Å². The second-order valence-electron chi connectivity index (χ2n) is 3.54. The van der Waals surface area contributed by atoms with Crippen molar-refractivity contribution in [1.82, 2.24) is 9.97 Å². The first-order valence-electron chi connectivity index (χ1n) is 4.78. The number of imidazole rings is 1. The Morgan fingerprint density at radius 1 is 1.18 bits per heavy atom. The minimum Gasteiger partial charge on any atom is -0.338 e. The first-order valence-corrected chi connectivity index (χ1v) is 4.78. The van der Waals surface area contributed by atoms with E-state index in [1.54, 1.807) is 6.07 Å². The molecule has 0 aliphatic rings. The van der Waals surface area contributed by atoms with Gasteiger partial charge >= 0.3 is 6.18 Å². The molecule has 1 heterocycles. The van der Waals surface area contributed by atoms with Gasteiger partial charge in [0.15, 0.2) is 0 Å². The molecule has 0 atom stereocenters. The summed E-state index contributed by atoms with van der Waals surface area (Å²) in [5, 5.41) is 0. The Balaban J connectivity index is 2.55. The number of halogens is 4. The van der Waals surface area contributed by atoms with Gasteiger partial charge in [-0.15, -0.1) is 0 Å². The number of aromatic amines is 1. The quantitative estimate of drug-likeness (QED) is 0.763. The number of aromatic nitrogens is 2. The Hall–Kier alpha value is -1.85. The lowest BCUT2D eigenvalue weighted by Gasteiger charge is -2.00. The van der Waals surface area contributed by atoms with Gasteiger partial charge in [-0.3, -0.25) is 0 Å². The number of hydrogen-bond acceptors (Lipinski definition) is 1. The predicted octanol–water partition coefficient (Wildman–Crippen LogP) is 3.54. The molecular formula is C11H8F4N2. The Kier molecular flexibility index (Phi) is 2.65. The van der Waals surface area contributed by atoms with Crippen molar-refractivity contribution in [2.24, 2.45) is 0 Å². The van der Waals surface area contributed by atoms with Gasteiger partial charge in [0.2, 0.25) is 5.82 Å². The van der Waals surface area contributed by atoms with Crippen molar-refractivity contribution in [1.29, 1.82) is 0 Å². The fourth-order valence-electron chi connectivity index (χ4n) is 1.51. The van der Waals surface area contributed by atoms with Crippen LogP contribution in [0.1, 0.15) is 11.5 Å². The van der Waals surface area contributed by atoms with E-state index in [-0.39, 0.29) is 17.0 Å². The van der Waals surface area contributed by atoms with E-state index >= 15 is 0 Å². The third-order valence-electron chi connectivity index (χ3n) is 2.28. The molecule has 0 aliphatic carbocycles. The van der Waals surface area contributed by atoms with E-state index in [9.17, 15) is 17.6 Å². The first-order chi connectivity index (χ1) is 7.89. The third-order valence-corrected chi connectivity index (χ3v) is 2.28. The third kappa shape index (κ3) is 2.15. The maximum absolute atomic E-state index is 13.4. The van der Waals surface area contributed by atoms with Crippen molar-refractivity contribution in [3.8, 4) is 11.3 Å². The maximum atomic E-state index is 13.4. The monoisotopic (exact) mass is 244 g/mol. The molecule has 0 fully saturated rings. The van der Waals surface area contributed by atoms with Crippen LogP contribution in [0.25, 0.3) is 11.3 Å². The molecule has 6 heteroatoms. The fraction of sp³-hybridized carbons (Fsp3) is 0.182. The molecule has 2 nitrogen and oxygen atoms in total. The van der Waals surface area contributed by atoms with E-state index in [4.69, 9.17) is 0 Å². The second-order valence-corrected chi connectivity index (χ2v) is 3.54. The molecule has 0 radical (unpaired) electrons. The zero-order chi connectivity index (χ0) is 12.6. The highest BCUT2D eigenvalue weighted by molar-refractivity contribution is 5.62. The van der Waals surface area contributed by atoms with Crippen LogP contribution in [0.15, 0.2) is 24.3 Å². The largest absolute Gasteiger partial charge is 0.449 e. The highest BCUT2D eigenvalue weighted by Gasteiger charge is 2.35. The highest BCUT2D eigenvalue weighted by atomic mass is 19.4. The molecule has 0 bridgehead atoms. The van der Waals surface area contributed by atoms with Crippen LogP contribution >= 0.6 is 0 Å². The summed E-state index contributed by atoms with van der Waals surface area (Å²) in [5.74, 6) is -1.72. The van der Waals surface area contributed by atoms with Crippen molar-refractivity contribution < 1.29 is 17.6 Å². The SMILES string of the molecule is Cc1[nH]c(C(F)(F)F)nc1-c1ccccc1F. The van der Waals surface area contributed by atoms with Gasteiger partial charge in [-0.05, 0) is 19.1 Å². The van der Waals surface area contributed by atoms with Crippen molar-refractivity contribution >= 4 is 0 Å². The minimum absolute atomic E-state index is 0.0181. The number of benzene rings is 1. The average molecular weight is 244 g/mol.